The van der Waals surface area contributed by atoms with E-state index in [-0.39, 0.29) is 0 Å². The van der Waals surface area contributed by atoms with Gasteiger partial charge in [0.25, 0.3) is 0 Å². The number of rotatable bonds is 9. The van der Waals surface area contributed by atoms with E-state index in [2.05, 4.69) is 25.7 Å². The van der Waals surface area contributed by atoms with Crippen LogP contribution in [0.5, 0.6) is 0 Å². The Bertz CT molecular complexity index is 190. The Morgan fingerprint density at radius 3 is 2.20 bits per heavy atom. The van der Waals surface area contributed by atoms with Gasteiger partial charge in [0, 0.05) is 5.75 Å². The summed E-state index contributed by atoms with van der Waals surface area (Å²) in [4.78, 5) is 18.0. The van der Waals surface area contributed by atoms with Crippen LogP contribution < -0.4 is 0 Å². The lowest BCUT2D eigenvalue weighted by molar-refractivity contribution is 0.433. The molecule has 0 heterocycles. The molecule has 0 aliphatic rings. The van der Waals surface area contributed by atoms with Gasteiger partial charge < -0.3 is 9.79 Å². The molecule has 0 aromatic carbocycles. The lowest BCUT2D eigenvalue weighted by Crippen LogP contribution is -1.96. The summed E-state index contributed by atoms with van der Waals surface area (Å²) in [6.07, 6.45) is 7.35. The molecule has 0 aliphatic carbocycles. The molecule has 0 aromatic rings. The van der Waals surface area contributed by atoms with Gasteiger partial charge in [-0.2, -0.15) is 0 Å². The number of unbranched alkanes of at least 4 members (excludes halogenated alkanes) is 2. The van der Waals surface area contributed by atoms with Crippen molar-refractivity contribution in [2.24, 2.45) is 5.92 Å². The van der Waals surface area contributed by atoms with Gasteiger partial charge in [-0.1, -0.05) is 57.3 Å². The summed E-state index contributed by atoms with van der Waals surface area (Å²) in [5, 5.41) is 0. The van der Waals surface area contributed by atoms with E-state index < -0.39 is 5.69 Å². The molecule has 0 rings (SSSR count). The fraction of sp³-hybridized carbons (Fsp3) is 1.00. The molecule has 0 fully saturated rings. The van der Waals surface area contributed by atoms with Crippen LogP contribution >= 0.6 is 17.1 Å². The minimum Gasteiger partial charge on any atom is -0.338 e. The summed E-state index contributed by atoms with van der Waals surface area (Å²) in [6.45, 7) is 4.50. The Kier molecular flexibility index (Phi) is 9.55. The molecule has 0 spiro atoms. The molecule has 0 saturated heterocycles. The lowest BCUT2D eigenvalue weighted by atomic mass is 9.96. The average Bonchev–Trinajstić information content (AvgIpc) is 2.15. The maximum atomic E-state index is 8.98. The molecule has 2 nitrogen and oxygen atoms in total. The van der Waals surface area contributed by atoms with Crippen molar-refractivity contribution in [3.8, 4) is 0 Å². The fourth-order valence-corrected chi connectivity index (χ4v) is 3.93. The molecule has 0 unspecified atom stereocenters. The van der Waals surface area contributed by atoms with Crippen molar-refractivity contribution in [1.29, 1.82) is 0 Å². The summed E-state index contributed by atoms with van der Waals surface area (Å²) < 4.78 is 0. The van der Waals surface area contributed by atoms with Gasteiger partial charge >= 0.3 is 0 Å². The molecule has 92 valence electrons. The Hall–Kier alpha value is 0.920. The van der Waals surface area contributed by atoms with Crippen LogP contribution in [0, 0.1) is 5.92 Å². The molecule has 5 heteroatoms. The minimum absolute atomic E-state index is 0.785. The van der Waals surface area contributed by atoms with Gasteiger partial charge in [-0.05, 0) is 24.1 Å². The summed E-state index contributed by atoms with van der Waals surface area (Å²) in [5.74, 6) is 1.66. The van der Waals surface area contributed by atoms with E-state index >= 15 is 0 Å². The summed E-state index contributed by atoms with van der Waals surface area (Å²) in [6, 6.07) is 0. The standard InChI is InChI=1S/C10H23O2PS2/c1-3-10(4-2)8-6-5-7-9-15-13(11,12)14/h10H,3-9H2,1-2H3,(H2,11,12,14). The van der Waals surface area contributed by atoms with E-state index in [0.717, 1.165) is 29.5 Å². The lowest BCUT2D eigenvalue weighted by Gasteiger charge is -2.11. The third kappa shape index (κ3) is 11.2. The highest BCUT2D eigenvalue weighted by molar-refractivity contribution is 8.67. The molecule has 0 saturated carbocycles. The first-order chi connectivity index (χ1) is 6.99. The molecule has 0 aromatic heterocycles. The van der Waals surface area contributed by atoms with Crippen molar-refractivity contribution in [1.82, 2.24) is 0 Å². The maximum absolute atomic E-state index is 8.98. The van der Waals surface area contributed by atoms with Crippen molar-refractivity contribution in [3.63, 3.8) is 0 Å². The first-order valence-electron chi connectivity index (χ1n) is 5.69. The van der Waals surface area contributed by atoms with E-state index in [1.54, 1.807) is 0 Å². The Morgan fingerprint density at radius 2 is 1.73 bits per heavy atom. The SMILES string of the molecule is CCC(CC)CCCCCSP(O)(O)=S. The monoisotopic (exact) mass is 270 g/mol. The van der Waals surface area contributed by atoms with Crippen LogP contribution in [0.25, 0.3) is 0 Å². The van der Waals surface area contributed by atoms with Gasteiger partial charge in [-0.15, -0.1) is 0 Å². The molecule has 0 radical (unpaired) electrons. The van der Waals surface area contributed by atoms with Crippen molar-refractivity contribution in [2.75, 3.05) is 5.75 Å². The van der Waals surface area contributed by atoms with Crippen molar-refractivity contribution in [3.05, 3.63) is 0 Å². The number of hydrogen-bond donors (Lipinski definition) is 2. The Balaban J connectivity index is 3.28. The largest absolute Gasteiger partial charge is 0.338 e. The van der Waals surface area contributed by atoms with Crippen molar-refractivity contribution in [2.45, 2.75) is 52.4 Å². The molecular weight excluding hydrogens is 247 g/mol. The van der Waals surface area contributed by atoms with E-state index in [4.69, 9.17) is 9.79 Å². The normalized spacial score (nSPS) is 12.3. The quantitative estimate of drug-likeness (QED) is 0.492. The van der Waals surface area contributed by atoms with E-state index in [9.17, 15) is 0 Å². The molecule has 0 amide bonds. The van der Waals surface area contributed by atoms with Gasteiger partial charge in [0.05, 0.1) is 0 Å². The van der Waals surface area contributed by atoms with Crippen LogP contribution in [0.3, 0.4) is 0 Å². The summed E-state index contributed by atoms with van der Waals surface area (Å²) in [5.41, 5.74) is -2.99. The smallest absolute Gasteiger partial charge is 0.242 e. The van der Waals surface area contributed by atoms with E-state index in [1.807, 2.05) is 0 Å². The predicted molar refractivity (Wildman–Crippen MR) is 73.7 cm³/mol. The highest BCUT2D eigenvalue weighted by Gasteiger charge is 2.07. The van der Waals surface area contributed by atoms with E-state index in [0.29, 0.717) is 0 Å². The van der Waals surface area contributed by atoms with Crippen LogP contribution in [0.15, 0.2) is 0 Å². The van der Waals surface area contributed by atoms with Gasteiger partial charge in [0.15, 0.2) is 0 Å². The Morgan fingerprint density at radius 1 is 1.13 bits per heavy atom. The van der Waals surface area contributed by atoms with Gasteiger partial charge in [0.2, 0.25) is 5.69 Å². The molecule has 15 heavy (non-hydrogen) atoms. The van der Waals surface area contributed by atoms with Crippen molar-refractivity contribution >= 4 is 28.9 Å². The summed E-state index contributed by atoms with van der Waals surface area (Å²) >= 11 is 5.67. The molecule has 2 N–H and O–H groups in total. The third-order valence-electron chi connectivity index (χ3n) is 2.67. The summed E-state index contributed by atoms with van der Waals surface area (Å²) in [7, 11) is 0. The molecule has 0 bridgehead atoms. The molecular formula is C10H23O2PS2. The van der Waals surface area contributed by atoms with Crippen LogP contribution in [-0.2, 0) is 11.8 Å². The highest BCUT2D eigenvalue weighted by Crippen LogP contribution is 2.50. The minimum atomic E-state index is -2.99. The Labute approximate surface area is 103 Å². The average molecular weight is 270 g/mol. The maximum Gasteiger partial charge on any atom is 0.242 e. The van der Waals surface area contributed by atoms with Crippen molar-refractivity contribution < 1.29 is 9.79 Å². The van der Waals surface area contributed by atoms with E-state index in [1.165, 1.54) is 32.1 Å². The fourth-order valence-electron chi connectivity index (χ4n) is 1.59. The van der Waals surface area contributed by atoms with Crippen LogP contribution in [0.4, 0.5) is 0 Å². The first kappa shape index (κ1) is 15.9. The van der Waals surface area contributed by atoms with Crippen LogP contribution in [-0.4, -0.2) is 15.5 Å². The first-order valence-corrected chi connectivity index (χ1v) is 9.99. The van der Waals surface area contributed by atoms with Crippen LogP contribution in [0.1, 0.15) is 52.4 Å². The second-order valence-electron chi connectivity index (χ2n) is 3.86. The van der Waals surface area contributed by atoms with Gasteiger partial charge in [-0.25, -0.2) is 0 Å². The highest BCUT2D eigenvalue weighted by atomic mass is 32.9. The van der Waals surface area contributed by atoms with Gasteiger partial charge in [-0.3, -0.25) is 0 Å². The zero-order valence-electron chi connectivity index (χ0n) is 9.69. The third-order valence-corrected chi connectivity index (χ3v) is 5.98. The second-order valence-corrected chi connectivity index (χ2v) is 10.0. The number of hydrogen-bond acceptors (Lipinski definition) is 2. The molecule has 0 aliphatic heterocycles. The van der Waals surface area contributed by atoms with Crippen LogP contribution in [0.2, 0.25) is 0 Å². The van der Waals surface area contributed by atoms with Gasteiger partial charge in [0.1, 0.15) is 0 Å². The molecule has 0 atom stereocenters. The topological polar surface area (TPSA) is 40.5 Å². The predicted octanol–water partition coefficient (Wildman–Crippen LogP) is 3.93. The second kappa shape index (κ2) is 9.00. The zero-order valence-corrected chi connectivity index (χ0v) is 12.2. The zero-order chi connectivity index (χ0) is 11.7.